The number of fused-ring (bicyclic) bond motifs is 1. The van der Waals surface area contributed by atoms with Gasteiger partial charge in [-0.2, -0.15) is 0 Å². The maximum atomic E-state index is 9.42. The minimum Gasteiger partial charge on any atom is -0.507 e. The summed E-state index contributed by atoms with van der Waals surface area (Å²) in [6.45, 7) is 0. The van der Waals surface area contributed by atoms with Crippen LogP contribution < -0.4 is 5.73 Å². The molecule has 61 valence electrons. The van der Waals surface area contributed by atoms with Crippen molar-refractivity contribution in [2.24, 2.45) is 0 Å². The Kier molecular flexibility index (Phi) is 3.20. The van der Waals surface area contributed by atoms with E-state index in [2.05, 4.69) is 0 Å². The molecule has 0 atom stereocenters. The number of hydrogen-bond acceptors (Lipinski definition) is 2. The second-order valence-electron chi connectivity index (χ2n) is 2.76. The Bertz CT molecular complexity index is 428. The van der Waals surface area contributed by atoms with Gasteiger partial charge in [0, 0.05) is 40.6 Å². The predicted octanol–water partition coefficient (Wildman–Crippen LogP) is 1.75. The van der Waals surface area contributed by atoms with Gasteiger partial charge in [0.25, 0.3) is 0 Å². The van der Waals surface area contributed by atoms with Crippen LogP contribution in [0, 0.1) is 0 Å². The molecule has 2 rings (SSSR count). The molecule has 0 amide bonds. The van der Waals surface area contributed by atoms with Crippen LogP contribution in [0.2, 0.25) is 0 Å². The van der Waals surface area contributed by atoms with Gasteiger partial charge in [-0.05, 0) is 29.7 Å². The van der Waals surface area contributed by atoms with E-state index >= 15 is 0 Å². The minimum atomic E-state index is 0. The molecular formula is C10H9NNaO. The van der Waals surface area contributed by atoms with Crippen molar-refractivity contribution in [1.82, 2.24) is 0 Å². The van der Waals surface area contributed by atoms with Gasteiger partial charge in [0.2, 0.25) is 0 Å². The third-order valence-corrected chi connectivity index (χ3v) is 1.88. The Morgan fingerprint density at radius 1 is 1.08 bits per heavy atom. The van der Waals surface area contributed by atoms with E-state index in [0.29, 0.717) is 11.4 Å². The van der Waals surface area contributed by atoms with Crippen LogP contribution in [0.15, 0.2) is 36.4 Å². The van der Waals surface area contributed by atoms with Crippen molar-refractivity contribution in [3.63, 3.8) is 0 Å². The Hall–Kier alpha value is -0.700. The van der Waals surface area contributed by atoms with Crippen molar-refractivity contribution >= 4 is 46.0 Å². The second kappa shape index (κ2) is 4.01. The molecule has 0 saturated carbocycles. The summed E-state index contributed by atoms with van der Waals surface area (Å²) in [4.78, 5) is 0. The Balaban J connectivity index is 0.000000845. The first kappa shape index (κ1) is 10.4. The number of rotatable bonds is 0. The number of phenolic OH excluding ortho intramolecular Hbond substituents is 1. The molecule has 3 N–H and O–H groups in total. The van der Waals surface area contributed by atoms with E-state index in [-0.39, 0.29) is 29.6 Å². The number of nitrogen functional groups attached to an aromatic ring is 1. The van der Waals surface area contributed by atoms with Crippen LogP contribution >= 0.6 is 0 Å². The fourth-order valence-corrected chi connectivity index (χ4v) is 1.29. The van der Waals surface area contributed by atoms with Gasteiger partial charge in [0.15, 0.2) is 0 Å². The Morgan fingerprint density at radius 2 is 1.85 bits per heavy atom. The van der Waals surface area contributed by atoms with Crippen LogP contribution in [0.5, 0.6) is 5.75 Å². The van der Waals surface area contributed by atoms with Gasteiger partial charge in [-0.1, -0.05) is 12.1 Å². The Labute approximate surface area is 98.7 Å². The maximum Gasteiger partial charge on any atom is 0.123 e. The first-order chi connectivity index (χ1) is 5.77. The largest absolute Gasteiger partial charge is 0.507 e. The number of benzene rings is 2. The van der Waals surface area contributed by atoms with E-state index in [1.165, 1.54) is 0 Å². The summed E-state index contributed by atoms with van der Waals surface area (Å²) < 4.78 is 0. The molecule has 0 spiro atoms. The van der Waals surface area contributed by atoms with E-state index in [1.54, 1.807) is 18.2 Å². The molecule has 2 aromatic carbocycles. The second-order valence-corrected chi connectivity index (χ2v) is 2.76. The zero-order valence-corrected chi connectivity index (χ0v) is 9.49. The van der Waals surface area contributed by atoms with Crippen LogP contribution in [0.3, 0.4) is 0 Å². The van der Waals surface area contributed by atoms with Crippen molar-refractivity contribution in [2.45, 2.75) is 0 Å². The molecule has 0 fully saturated rings. The summed E-state index contributed by atoms with van der Waals surface area (Å²) in [5, 5.41) is 11.2. The first-order valence-corrected chi connectivity index (χ1v) is 3.74. The molecule has 0 aliphatic carbocycles. The third-order valence-electron chi connectivity index (χ3n) is 1.88. The Morgan fingerprint density at radius 3 is 2.62 bits per heavy atom. The van der Waals surface area contributed by atoms with Gasteiger partial charge in [0.05, 0.1) is 0 Å². The number of hydrogen-bond donors (Lipinski definition) is 2. The standard InChI is InChI=1S/C10H9NO.Na/c11-8-4-5-9-7(6-8)2-1-3-10(9)12;/h1-6,12H,11H2;. The van der Waals surface area contributed by atoms with Gasteiger partial charge in [-0.15, -0.1) is 0 Å². The molecule has 0 unspecified atom stereocenters. The van der Waals surface area contributed by atoms with Gasteiger partial charge in [-0.3, -0.25) is 0 Å². The van der Waals surface area contributed by atoms with Crippen LogP contribution in [0.4, 0.5) is 5.69 Å². The summed E-state index contributed by atoms with van der Waals surface area (Å²) in [5.74, 6) is 0.299. The number of aromatic hydroxyl groups is 1. The zero-order chi connectivity index (χ0) is 8.55. The summed E-state index contributed by atoms with van der Waals surface area (Å²) >= 11 is 0. The molecule has 0 heterocycles. The molecule has 0 aromatic heterocycles. The van der Waals surface area contributed by atoms with Gasteiger partial charge in [0.1, 0.15) is 5.75 Å². The molecule has 0 aliphatic rings. The number of phenols is 1. The van der Waals surface area contributed by atoms with Crippen LogP contribution in [-0.2, 0) is 0 Å². The molecule has 1 radical (unpaired) electrons. The van der Waals surface area contributed by atoms with Gasteiger partial charge >= 0.3 is 0 Å². The maximum absolute atomic E-state index is 9.42. The third kappa shape index (κ3) is 1.97. The van der Waals surface area contributed by atoms with Crippen LogP contribution in [-0.4, -0.2) is 34.7 Å². The molecule has 2 aromatic rings. The van der Waals surface area contributed by atoms with Crippen LogP contribution in [0.25, 0.3) is 10.8 Å². The molecule has 0 bridgehead atoms. The summed E-state index contributed by atoms with van der Waals surface area (Å²) in [5.41, 5.74) is 6.31. The van der Waals surface area contributed by atoms with E-state index in [1.807, 2.05) is 18.2 Å². The summed E-state index contributed by atoms with van der Waals surface area (Å²) in [6, 6.07) is 10.8. The monoisotopic (exact) mass is 182 g/mol. The molecule has 3 heteroatoms. The molecule has 2 nitrogen and oxygen atoms in total. The van der Waals surface area contributed by atoms with Crippen molar-refractivity contribution in [2.75, 3.05) is 5.73 Å². The molecule has 0 aliphatic heterocycles. The van der Waals surface area contributed by atoms with Gasteiger partial charge < -0.3 is 10.8 Å². The fourth-order valence-electron chi connectivity index (χ4n) is 1.29. The average Bonchev–Trinajstić information content (AvgIpc) is 2.04. The molecule has 0 saturated heterocycles. The van der Waals surface area contributed by atoms with Crippen molar-refractivity contribution in [1.29, 1.82) is 0 Å². The van der Waals surface area contributed by atoms with Crippen molar-refractivity contribution in [3.8, 4) is 5.75 Å². The van der Waals surface area contributed by atoms with E-state index < -0.39 is 0 Å². The minimum absolute atomic E-state index is 0. The topological polar surface area (TPSA) is 46.2 Å². The van der Waals surface area contributed by atoms with Crippen molar-refractivity contribution < 1.29 is 5.11 Å². The zero-order valence-electron chi connectivity index (χ0n) is 7.49. The predicted molar refractivity (Wildman–Crippen MR) is 55.8 cm³/mol. The smallest absolute Gasteiger partial charge is 0.123 e. The number of anilines is 1. The number of nitrogens with two attached hydrogens (primary N) is 1. The average molecular weight is 182 g/mol. The molecular weight excluding hydrogens is 173 g/mol. The van der Waals surface area contributed by atoms with Crippen LogP contribution in [0.1, 0.15) is 0 Å². The first-order valence-electron chi connectivity index (χ1n) is 3.74. The SMILES string of the molecule is Nc1ccc2c(O)cccc2c1.[Na]. The quantitative estimate of drug-likeness (QED) is 0.481. The van der Waals surface area contributed by atoms with E-state index in [0.717, 1.165) is 10.8 Å². The van der Waals surface area contributed by atoms with E-state index in [9.17, 15) is 5.11 Å². The molecule has 13 heavy (non-hydrogen) atoms. The van der Waals surface area contributed by atoms with Gasteiger partial charge in [-0.25, -0.2) is 0 Å². The normalized spacial score (nSPS) is 9.54. The summed E-state index contributed by atoms with van der Waals surface area (Å²) in [7, 11) is 0. The van der Waals surface area contributed by atoms with E-state index in [4.69, 9.17) is 5.73 Å². The summed E-state index contributed by atoms with van der Waals surface area (Å²) in [6.07, 6.45) is 0. The van der Waals surface area contributed by atoms with Crippen molar-refractivity contribution in [3.05, 3.63) is 36.4 Å². The fraction of sp³-hybridized carbons (Fsp3) is 0.